The van der Waals surface area contributed by atoms with Gasteiger partial charge in [-0.05, 0) is 29.3 Å². The lowest BCUT2D eigenvalue weighted by molar-refractivity contribution is -0.263. The van der Waals surface area contributed by atoms with Gasteiger partial charge >= 0.3 is 6.18 Å². The summed E-state index contributed by atoms with van der Waals surface area (Å²) >= 11 is 0. The maximum absolute atomic E-state index is 13.2. The van der Waals surface area contributed by atoms with E-state index >= 15 is 0 Å². The third kappa shape index (κ3) is 3.90. The number of amides is 1. The van der Waals surface area contributed by atoms with Crippen LogP contribution in [0.15, 0.2) is 42.7 Å². The summed E-state index contributed by atoms with van der Waals surface area (Å²) in [5, 5.41) is 9.68. The molecule has 2 aromatic heterocycles. The second-order valence-corrected chi connectivity index (χ2v) is 7.26. The molecule has 1 amide bonds. The van der Waals surface area contributed by atoms with Crippen LogP contribution in [-0.4, -0.2) is 51.8 Å². The van der Waals surface area contributed by atoms with Gasteiger partial charge in [0.1, 0.15) is 11.5 Å². The second kappa shape index (κ2) is 7.52. The van der Waals surface area contributed by atoms with Crippen LogP contribution < -0.4 is 5.32 Å². The number of hydrogen-bond donors (Lipinski definition) is 2. The van der Waals surface area contributed by atoms with Gasteiger partial charge in [-0.15, -0.1) is 0 Å². The van der Waals surface area contributed by atoms with Crippen molar-refractivity contribution in [2.75, 3.05) is 13.2 Å². The first-order chi connectivity index (χ1) is 14.3. The van der Waals surface area contributed by atoms with Crippen molar-refractivity contribution < 1.29 is 27.5 Å². The quantitative estimate of drug-likeness (QED) is 0.641. The van der Waals surface area contributed by atoms with E-state index in [0.717, 1.165) is 16.5 Å². The molecular weight excluding hydrogens is 401 g/mol. The maximum atomic E-state index is 13.2. The monoisotopic (exact) mass is 418 g/mol. The molecule has 156 valence electrons. The molecule has 0 unspecified atom stereocenters. The molecule has 4 rings (SSSR count). The molecule has 2 N–H and O–H groups in total. The van der Waals surface area contributed by atoms with Gasteiger partial charge in [0.2, 0.25) is 0 Å². The van der Waals surface area contributed by atoms with Crippen LogP contribution in [0.3, 0.4) is 0 Å². The lowest BCUT2D eigenvalue weighted by Gasteiger charge is -2.42. The molecule has 0 bridgehead atoms. The Balaban J connectivity index is 1.42. The van der Waals surface area contributed by atoms with E-state index in [2.05, 4.69) is 19.9 Å². The van der Waals surface area contributed by atoms with Crippen LogP contribution in [0, 0.1) is 0 Å². The first kappa shape index (κ1) is 20.0. The molecular formula is C20H17F3N4O3. The summed E-state index contributed by atoms with van der Waals surface area (Å²) < 4.78 is 44.3. The molecule has 1 saturated heterocycles. The van der Waals surface area contributed by atoms with Crippen LogP contribution in [0.25, 0.3) is 10.9 Å². The molecule has 7 nitrogen and oxygen atoms in total. The molecule has 30 heavy (non-hydrogen) atoms. The summed E-state index contributed by atoms with van der Waals surface area (Å²) in [5.41, 5.74) is -0.464. The van der Waals surface area contributed by atoms with Crippen molar-refractivity contribution in [1.82, 2.24) is 20.5 Å². The van der Waals surface area contributed by atoms with Crippen molar-refractivity contribution in [3.63, 3.8) is 0 Å². The fourth-order valence-electron chi connectivity index (χ4n) is 3.21. The molecule has 1 aromatic carbocycles. The molecule has 0 aliphatic carbocycles. The third-order valence-electron chi connectivity index (χ3n) is 4.96. The van der Waals surface area contributed by atoms with E-state index in [0.29, 0.717) is 5.56 Å². The van der Waals surface area contributed by atoms with Crippen LogP contribution in [0.4, 0.5) is 13.2 Å². The van der Waals surface area contributed by atoms with Crippen molar-refractivity contribution >= 4 is 22.6 Å². The molecule has 1 aliphatic rings. The van der Waals surface area contributed by atoms with Crippen molar-refractivity contribution in [3.8, 4) is 0 Å². The lowest BCUT2D eigenvalue weighted by Crippen LogP contribution is -2.70. The van der Waals surface area contributed by atoms with Gasteiger partial charge < -0.3 is 10.1 Å². The standard InChI is InChI=1S/C20H17F3N4O3/c21-20(22,23)19(10-30-11-19)26-18(29)17-8-13(3-4-24-17)6-15(28)5-12-1-2-14-9-25-27-16(14)7-12/h1-4,7-9H,5-6,10-11H2,(H,25,27)(H,26,29). The first-order valence-corrected chi connectivity index (χ1v) is 9.11. The second-order valence-electron chi connectivity index (χ2n) is 7.26. The molecule has 3 aromatic rings. The van der Waals surface area contributed by atoms with Gasteiger partial charge in [-0.3, -0.25) is 19.7 Å². The van der Waals surface area contributed by atoms with Crippen LogP contribution >= 0.6 is 0 Å². The van der Waals surface area contributed by atoms with E-state index in [1.54, 1.807) is 12.3 Å². The van der Waals surface area contributed by atoms with Crippen LogP contribution in [0.1, 0.15) is 21.6 Å². The highest BCUT2D eigenvalue weighted by atomic mass is 19.4. The van der Waals surface area contributed by atoms with E-state index < -0.39 is 30.8 Å². The molecule has 1 fully saturated rings. The number of halogens is 3. The average Bonchev–Trinajstić information content (AvgIpc) is 3.11. The summed E-state index contributed by atoms with van der Waals surface area (Å²) in [7, 11) is 0. The predicted octanol–water partition coefficient (Wildman–Crippen LogP) is 2.37. The Morgan fingerprint density at radius 2 is 1.87 bits per heavy atom. The van der Waals surface area contributed by atoms with E-state index in [1.165, 1.54) is 12.3 Å². The van der Waals surface area contributed by atoms with E-state index in [9.17, 15) is 22.8 Å². The topological polar surface area (TPSA) is 97.0 Å². The molecule has 1 aliphatic heterocycles. The summed E-state index contributed by atoms with van der Waals surface area (Å²) in [6.45, 7) is -1.28. The molecule has 0 atom stereocenters. The van der Waals surface area contributed by atoms with Crippen molar-refractivity contribution in [2.24, 2.45) is 0 Å². The Kier molecular flexibility index (Phi) is 5.02. The molecule has 0 saturated carbocycles. The van der Waals surface area contributed by atoms with Crippen LogP contribution in [0.2, 0.25) is 0 Å². The minimum Gasteiger partial charge on any atom is -0.376 e. The van der Waals surface area contributed by atoms with Crippen LogP contribution in [0.5, 0.6) is 0 Å². The number of carbonyl (C=O) groups excluding carboxylic acids is 2. The minimum absolute atomic E-state index is 0.0251. The highest BCUT2D eigenvalue weighted by Gasteiger charge is 2.61. The maximum Gasteiger partial charge on any atom is 0.416 e. The average molecular weight is 418 g/mol. The normalized spacial score (nSPS) is 15.6. The van der Waals surface area contributed by atoms with Gasteiger partial charge in [0.05, 0.1) is 24.9 Å². The Morgan fingerprint density at radius 3 is 2.53 bits per heavy atom. The van der Waals surface area contributed by atoms with Gasteiger partial charge in [0, 0.05) is 24.4 Å². The number of ether oxygens (including phenoxy) is 1. The zero-order valence-corrected chi connectivity index (χ0v) is 15.6. The van der Waals surface area contributed by atoms with Gasteiger partial charge in [-0.25, -0.2) is 0 Å². The Morgan fingerprint density at radius 1 is 1.13 bits per heavy atom. The Hall–Kier alpha value is -3.27. The number of pyridine rings is 1. The Bertz CT molecular complexity index is 1110. The molecule has 3 heterocycles. The Labute approximate surface area is 168 Å². The van der Waals surface area contributed by atoms with E-state index in [4.69, 9.17) is 0 Å². The number of fused-ring (bicyclic) bond motifs is 1. The number of hydrogen-bond acceptors (Lipinski definition) is 5. The molecule has 0 spiro atoms. The van der Waals surface area contributed by atoms with Crippen molar-refractivity contribution in [2.45, 2.75) is 24.6 Å². The number of H-pyrrole nitrogens is 1. The number of carbonyl (C=O) groups is 2. The largest absolute Gasteiger partial charge is 0.416 e. The summed E-state index contributed by atoms with van der Waals surface area (Å²) in [6, 6.07) is 8.41. The van der Waals surface area contributed by atoms with Crippen molar-refractivity contribution in [1.29, 1.82) is 0 Å². The zero-order valence-electron chi connectivity index (χ0n) is 15.6. The number of Topliss-reactive ketones (excluding diaryl/α,β-unsaturated/α-hetero) is 1. The first-order valence-electron chi connectivity index (χ1n) is 9.11. The van der Waals surface area contributed by atoms with Gasteiger partial charge in [-0.2, -0.15) is 18.3 Å². The lowest BCUT2D eigenvalue weighted by atomic mass is 9.96. The number of nitrogens with one attached hydrogen (secondary N) is 2. The smallest absolute Gasteiger partial charge is 0.376 e. The highest BCUT2D eigenvalue weighted by Crippen LogP contribution is 2.36. The van der Waals surface area contributed by atoms with Crippen LogP contribution in [-0.2, 0) is 22.4 Å². The number of benzene rings is 1. The van der Waals surface area contributed by atoms with Crippen molar-refractivity contribution in [3.05, 3.63) is 59.5 Å². The number of rotatable bonds is 6. The molecule has 10 heteroatoms. The number of aromatic nitrogens is 3. The van der Waals surface area contributed by atoms with Gasteiger partial charge in [0.15, 0.2) is 5.54 Å². The third-order valence-corrected chi connectivity index (χ3v) is 4.96. The summed E-state index contributed by atoms with van der Waals surface area (Å²) in [5.74, 6) is -1.07. The summed E-state index contributed by atoms with van der Waals surface area (Å²) in [4.78, 5) is 28.6. The van der Waals surface area contributed by atoms with Gasteiger partial charge in [0.25, 0.3) is 5.91 Å². The number of ketones is 1. The fourth-order valence-corrected chi connectivity index (χ4v) is 3.21. The predicted molar refractivity (Wildman–Crippen MR) is 99.8 cm³/mol. The number of nitrogens with zero attached hydrogens (tertiary/aromatic N) is 2. The number of alkyl halides is 3. The zero-order chi connectivity index (χ0) is 21.4. The van der Waals surface area contributed by atoms with E-state index in [1.807, 2.05) is 23.5 Å². The number of aromatic amines is 1. The SMILES string of the molecule is O=C(Cc1ccnc(C(=O)NC2(C(F)(F)F)COC2)c1)Cc1ccc2cn[nH]c2c1. The van der Waals surface area contributed by atoms with Gasteiger partial charge in [-0.1, -0.05) is 12.1 Å². The molecule has 0 radical (unpaired) electrons. The van der Waals surface area contributed by atoms with E-state index in [-0.39, 0.29) is 24.3 Å². The highest BCUT2D eigenvalue weighted by molar-refractivity contribution is 5.93. The fraction of sp³-hybridized carbons (Fsp3) is 0.300. The minimum atomic E-state index is -4.63. The summed E-state index contributed by atoms with van der Waals surface area (Å²) in [6.07, 6.45) is -1.45.